The molecule has 3 unspecified atom stereocenters. The van der Waals surface area contributed by atoms with Crippen molar-refractivity contribution < 1.29 is 14.3 Å². The summed E-state index contributed by atoms with van der Waals surface area (Å²) in [5.41, 5.74) is 2.26. The quantitative estimate of drug-likeness (QED) is 0.671. The van der Waals surface area contributed by atoms with Gasteiger partial charge in [0.05, 0.1) is 6.61 Å². The Morgan fingerprint density at radius 2 is 2.16 bits per heavy atom. The first-order chi connectivity index (χ1) is 9.15. The summed E-state index contributed by atoms with van der Waals surface area (Å²) in [4.78, 5) is 12.0. The Labute approximate surface area is 114 Å². The van der Waals surface area contributed by atoms with Gasteiger partial charge in [-0.25, -0.2) is 0 Å². The molecule has 0 radical (unpaired) electrons. The van der Waals surface area contributed by atoms with Crippen molar-refractivity contribution in [1.29, 1.82) is 0 Å². The van der Waals surface area contributed by atoms with Crippen molar-refractivity contribution in [2.24, 2.45) is 11.8 Å². The van der Waals surface area contributed by atoms with Gasteiger partial charge in [-0.2, -0.15) is 0 Å². The Kier molecular flexibility index (Phi) is 3.38. The predicted octanol–water partition coefficient (Wildman–Crippen LogP) is 3.36. The Morgan fingerprint density at radius 3 is 3.00 bits per heavy atom. The lowest BCUT2D eigenvalue weighted by atomic mass is 9.83. The summed E-state index contributed by atoms with van der Waals surface area (Å²) in [7, 11) is 0. The van der Waals surface area contributed by atoms with Crippen molar-refractivity contribution in [1.82, 2.24) is 0 Å². The highest BCUT2D eigenvalue weighted by Gasteiger charge is 2.40. The third kappa shape index (κ3) is 2.43. The Balaban J connectivity index is 1.84. The smallest absolute Gasteiger partial charge is 0.279 e. The van der Waals surface area contributed by atoms with Gasteiger partial charge in [0.25, 0.3) is 5.95 Å². The van der Waals surface area contributed by atoms with Gasteiger partial charge >= 0.3 is 0 Å². The van der Waals surface area contributed by atoms with E-state index < -0.39 is 0 Å². The van der Waals surface area contributed by atoms with E-state index in [1.807, 2.05) is 6.92 Å². The molecule has 0 aromatic carbocycles. The van der Waals surface area contributed by atoms with Crippen LogP contribution in [0, 0.1) is 11.8 Å². The topological polar surface area (TPSA) is 35.5 Å². The minimum absolute atomic E-state index is 0.248. The summed E-state index contributed by atoms with van der Waals surface area (Å²) in [5.74, 6) is 2.04. The molecule has 0 spiro atoms. The summed E-state index contributed by atoms with van der Waals surface area (Å²) in [6.07, 6.45) is 6.92. The number of ketones is 1. The SMILES string of the molecule is CC1=CCC2C3=C(OCC3)OC2CC(C)CCC1=O. The van der Waals surface area contributed by atoms with Gasteiger partial charge in [0.2, 0.25) is 0 Å². The summed E-state index contributed by atoms with van der Waals surface area (Å²) < 4.78 is 11.6. The van der Waals surface area contributed by atoms with E-state index in [-0.39, 0.29) is 6.10 Å². The van der Waals surface area contributed by atoms with Crippen LogP contribution in [0.25, 0.3) is 0 Å². The van der Waals surface area contributed by atoms with E-state index in [0.29, 0.717) is 24.0 Å². The average molecular weight is 262 g/mol. The zero-order chi connectivity index (χ0) is 13.4. The van der Waals surface area contributed by atoms with Gasteiger partial charge in [-0.1, -0.05) is 13.0 Å². The van der Waals surface area contributed by atoms with Crippen LogP contribution in [0.15, 0.2) is 23.2 Å². The van der Waals surface area contributed by atoms with Crippen molar-refractivity contribution in [3.63, 3.8) is 0 Å². The molecule has 0 aromatic rings. The van der Waals surface area contributed by atoms with Gasteiger partial charge in [-0.05, 0) is 37.7 Å². The number of fused-ring (bicyclic) bond motifs is 2. The second-order valence-corrected chi connectivity index (χ2v) is 6.10. The third-order valence-corrected chi connectivity index (χ3v) is 4.64. The first-order valence-corrected chi connectivity index (χ1v) is 7.37. The molecule has 2 heterocycles. The molecule has 3 aliphatic rings. The Hall–Kier alpha value is -1.25. The molecule has 0 saturated heterocycles. The molecule has 0 aromatic heterocycles. The maximum Gasteiger partial charge on any atom is 0.279 e. The average Bonchev–Trinajstić information content (AvgIpc) is 2.93. The van der Waals surface area contributed by atoms with Crippen molar-refractivity contribution in [3.05, 3.63) is 23.2 Å². The number of hydrogen-bond donors (Lipinski definition) is 0. The fourth-order valence-electron chi connectivity index (χ4n) is 3.35. The van der Waals surface area contributed by atoms with Crippen LogP contribution >= 0.6 is 0 Å². The highest BCUT2D eigenvalue weighted by molar-refractivity contribution is 5.94. The molecular weight excluding hydrogens is 240 g/mol. The van der Waals surface area contributed by atoms with Crippen LogP contribution in [-0.2, 0) is 14.3 Å². The molecule has 0 fully saturated rings. The fourth-order valence-corrected chi connectivity index (χ4v) is 3.35. The van der Waals surface area contributed by atoms with Crippen LogP contribution in [0.4, 0.5) is 0 Å². The first-order valence-electron chi connectivity index (χ1n) is 7.37. The summed E-state index contributed by atoms with van der Waals surface area (Å²) in [6.45, 7) is 4.92. The molecule has 3 atom stereocenters. The molecule has 104 valence electrons. The molecule has 0 amide bonds. The number of carbonyl (C=O) groups is 1. The van der Waals surface area contributed by atoms with Crippen LogP contribution < -0.4 is 0 Å². The number of rotatable bonds is 0. The van der Waals surface area contributed by atoms with Crippen LogP contribution in [0.3, 0.4) is 0 Å². The van der Waals surface area contributed by atoms with Gasteiger partial charge in [0.15, 0.2) is 5.78 Å². The lowest BCUT2D eigenvalue weighted by Crippen LogP contribution is -2.24. The van der Waals surface area contributed by atoms with Gasteiger partial charge in [0.1, 0.15) is 6.10 Å². The summed E-state index contributed by atoms with van der Waals surface area (Å²) in [5, 5.41) is 0. The number of hydrogen-bond acceptors (Lipinski definition) is 3. The highest BCUT2D eigenvalue weighted by atomic mass is 16.7. The Bertz CT molecular complexity index is 447. The van der Waals surface area contributed by atoms with Gasteiger partial charge < -0.3 is 9.47 Å². The molecule has 3 heteroatoms. The van der Waals surface area contributed by atoms with Crippen molar-refractivity contribution >= 4 is 5.78 Å². The van der Waals surface area contributed by atoms with Crippen LogP contribution in [0.2, 0.25) is 0 Å². The molecule has 3 rings (SSSR count). The molecule has 19 heavy (non-hydrogen) atoms. The van der Waals surface area contributed by atoms with Gasteiger partial charge in [-0.3, -0.25) is 4.79 Å². The van der Waals surface area contributed by atoms with Crippen LogP contribution in [0.5, 0.6) is 0 Å². The normalized spacial score (nSPS) is 35.2. The number of ether oxygens (including phenoxy) is 2. The zero-order valence-corrected chi connectivity index (χ0v) is 11.8. The minimum atomic E-state index is 0.248. The first kappa shape index (κ1) is 12.8. The monoisotopic (exact) mass is 262 g/mol. The largest absolute Gasteiger partial charge is 0.465 e. The molecule has 2 aliphatic heterocycles. The summed E-state index contributed by atoms with van der Waals surface area (Å²) >= 11 is 0. The maximum absolute atomic E-state index is 12.0. The van der Waals surface area contributed by atoms with E-state index in [9.17, 15) is 4.79 Å². The molecule has 1 aliphatic carbocycles. The second-order valence-electron chi connectivity index (χ2n) is 6.10. The third-order valence-electron chi connectivity index (χ3n) is 4.64. The van der Waals surface area contributed by atoms with E-state index in [2.05, 4.69) is 13.0 Å². The van der Waals surface area contributed by atoms with Gasteiger partial charge in [0, 0.05) is 24.3 Å². The number of allylic oxidation sites excluding steroid dienone is 2. The number of Topliss-reactive ketones (excluding diaryl/α,β-unsaturated/α-hetero) is 1. The zero-order valence-electron chi connectivity index (χ0n) is 11.8. The maximum atomic E-state index is 12.0. The van der Waals surface area contributed by atoms with Crippen LogP contribution in [0.1, 0.15) is 46.0 Å². The highest BCUT2D eigenvalue weighted by Crippen LogP contribution is 2.43. The molecule has 0 N–H and O–H groups in total. The van der Waals surface area contributed by atoms with Crippen molar-refractivity contribution in [2.75, 3.05) is 6.61 Å². The summed E-state index contributed by atoms with van der Waals surface area (Å²) in [6, 6.07) is 0. The molecule has 0 bridgehead atoms. The minimum Gasteiger partial charge on any atom is -0.465 e. The van der Waals surface area contributed by atoms with E-state index in [1.165, 1.54) is 5.57 Å². The van der Waals surface area contributed by atoms with Crippen molar-refractivity contribution in [3.8, 4) is 0 Å². The second kappa shape index (κ2) is 5.03. The molecule has 3 nitrogen and oxygen atoms in total. The van der Waals surface area contributed by atoms with Crippen LogP contribution in [-0.4, -0.2) is 18.5 Å². The van der Waals surface area contributed by atoms with E-state index in [0.717, 1.165) is 43.8 Å². The molecule has 0 saturated carbocycles. The number of carbonyl (C=O) groups excluding carboxylic acids is 1. The lowest BCUT2D eigenvalue weighted by molar-refractivity contribution is -0.116. The molecular formula is C16H22O3. The Morgan fingerprint density at radius 1 is 1.32 bits per heavy atom. The van der Waals surface area contributed by atoms with E-state index in [1.54, 1.807) is 0 Å². The van der Waals surface area contributed by atoms with E-state index >= 15 is 0 Å². The fraction of sp³-hybridized carbons (Fsp3) is 0.688. The van der Waals surface area contributed by atoms with E-state index in [4.69, 9.17) is 9.47 Å². The predicted molar refractivity (Wildman–Crippen MR) is 72.4 cm³/mol. The standard InChI is InChI=1S/C16H22O3/c1-10-3-6-14(17)11(2)4-5-12-13-7-8-18-16(13)19-15(12)9-10/h4,10,12,15H,3,5-9H2,1-2H3. The van der Waals surface area contributed by atoms with Crippen molar-refractivity contribution in [2.45, 2.75) is 52.1 Å². The van der Waals surface area contributed by atoms with Gasteiger partial charge in [-0.15, -0.1) is 0 Å². The lowest BCUT2D eigenvalue weighted by Gasteiger charge is -2.25.